The molecular weight excluding hydrogens is 309 g/mol. The van der Waals surface area contributed by atoms with Gasteiger partial charge in [0.05, 0.1) is 6.61 Å². The van der Waals surface area contributed by atoms with Crippen molar-refractivity contribution in [3.05, 3.63) is 53.6 Å². The van der Waals surface area contributed by atoms with E-state index in [1.54, 1.807) is 6.66 Å². The predicted molar refractivity (Wildman–Crippen MR) is 95.9 cm³/mol. The lowest BCUT2D eigenvalue weighted by Gasteiger charge is -2.18. The summed E-state index contributed by atoms with van der Waals surface area (Å²) in [7, 11) is -3.00. The van der Waals surface area contributed by atoms with E-state index in [2.05, 4.69) is 18.1 Å². The summed E-state index contributed by atoms with van der Waals surface area (Å²) in [6, 6.07) is 13.2. The number of hydrogen-bond acceptors (Lipinski definition) is 3. The molecule has 124 valence electrons. The zero-order valence-corrected chi connectivity index (χ0v) is 15.0. The highest BCUT2D eigenvalue weighted by molar-refractivity contribution is 7.60. The van der Waals surface area contributed by atoms with Crippen LogP contribution < -0.4 is 14.3 Å². The summed E-state index contributed by atoms with van der Waals surface area (Å²) in [5, 5.41) is 2.97. The van der Waals surface area contributed by atoms with Gasteiger partial charge in [0.2, 0.25) is 0 Å². The minimum atomic E-state index is -3.00. The second-order valence-electron chi connectivity index (χ2n) is 5.75. The predicted octanol–water partition coefficient (Wildman–Crippen LogP) is 5.41. The molecule has 0 radical (unpaired) electrons. The van der Waals surface area contributed by atoms with E-state index >= 15 is 0 Å². The maximum absolute atomic E-state index is 12.7. The van der Waals surface area contributed by atoms with Crippen LogP contribution >= 0.6 is 7.52 Å². The first kappa shape index (κ1) is 17.4. The van der Waals surface area contributed by atoms with Gasteiger partial charge in [-0.1, -0.05) is 13.0 Å². The van der Waals surface area contributed by atoms with Crippen molar-refractivity contribution in [1.82, 2.24) is 0 Å². The van der Waals surface area contributed by atoms with Crippen molar-refractivity contribution in [2.75, 3.05) is 18.4 Å². The van der Waals surface area contributed by atoms with E-state index in [9.17, 15) is 4.57 Å². The average Bonchev–Trinajstić information content (AvgIpc) is 2.44. The summed E-state index contributed by atoms with van der Waals surface area (Å²) in [6.45, 7) is 8.31. The number of aryl methyl sites for hydroxylation is 2. The third kappa shape index (κ3) is 5.65. The molecule has 23 heavy (non-hydrogen) atoms. The summed E-state index contributed by atoms with van der Waals surface area (Å²) in [6.07, 6.45) is 0.966. The van der Waals surface area contributed by atoms with Gasteiger partial charge in [0, 0.05) is 12.4 Å². The maximum Gasteiger partial charge on any atom is 0.338 e. The monoisotopic (exact) mass is 333 g/mol. The van der Waals surface area contributed by atoms with Gasteiger partial charge in [-0.15, -0.1) is 0 Å². The highest BCUT2D eigenvalue weighted by Gasteiger charge is 2.17. The van der Waals surface area contributed by atoms with Gasteiger partial charge in [0.25, 0.3) is 0 Å². The molecule has 2 rings (SSSR count). The van der Waals surface area contributed by atoms with Crippen molar-refractivity contribution in [3.63, 3.8) is 0 Å². The summed E-state index contributed by atoms with van der Waals surface area (Å²) < 4.78 is 23.9. The Bertz CT molecular complexity index is 678. The fraction of sp³-hybridized carbons (Fsp3) is 0.333. The van der Waals surface area contributed by atoms with Gasteiger partial charge in [-0.25, -0.2) is 0 Å². The molecule has 0 saturated carbocycles. The summed E-state index contributed by atoms with van der Waals surface area (Å²) in [4.78, 5) is 0. The molecule has 0 spiro atoms. The molecule has 0 saturated heterocycles. The molecule has 1 N–H and O–H groups in total. The van der Waals surface area contributed by atoms with Gasteiger partial charge in [-0.2, -0.15) is 0 Å². The van der Waals surface area contributed by atoms with E-state index in [0.717, 1.165) is 29.0 Å². The first-order valence-electron chi connectivity index (χ1n) is 7.74. The zero-order valence-electron chi connectivity index (χ0n) is 14.1. The normalized spacial score (nSPS) is 13.2. The first-order valence-corrected chi connectivity index (χ1v) is 9.82. The Hall–Kier alpha value is -1.93. The molecule has 0 aliphatic rings. The lowest BCUT2D eigenvalue weighted by atomic mass is 10.1. The van der Waals surface area contributed by atoms with E-state index in [-0.39, 0.29) is 0 Å². The smallest absolute Gasteiger partial charge is 0.338 e. The molecule has 2 aromatic rings. The number of hydrogen-bond donors (Lipinski definition) is 1. The summed E-state index contributed by atoms with van der Waals surface area (Å²) in [5.74, 6) is 1.42. The van der Waals surface area contributed by atoms with Crippen molar-refractivity contribution in [2.45, 2.75) is 27.2 Å². The largest absolute Gasteiger partial charge is 0.494 e. The molecule has 0 bridgehead atoms. The van der Waals surface area contributed by atoms with Crippen LogP contribution in [0.5, 0.6) is 11.5 Å². The fourth-order valence-electron chi connectivity index (χ4n) is 2.29. The minimum absolute atomic E-state index is 0.615. The van der Waals surface area contributed by atoms with Crippen LogP contribution in [-0.2, 0) is 4.57 Å². The van der Waals surface area contributed by atoms with Gasteiger partial charge in [0.15, 0.2) is 0 Å². The van der Waals surface area contributed by atoms with Crippen molar-refractivity contribution in [1.29, 1.82) is 0 Å². The van der Waals surface area contributed by atoms with Crippen LogP contribution in [-0.4, -0.2) is 13.3 Å². The van der Waals surface area contributed by atoms with E-state index in [0.29, 0.717) is 12.4 Å². The molecule has 5 heteroatoms. The number of anilines is 1. The van der Waals surface area contributed by atoms with E-state index in [1.807, 2.05) is 50.2 Å². The van der Waals surface area contributed by atoms with Crippen LogP contribution in [0.15, 0.2) is 42.5 Å². The molecule has 0 heterocycles. The van der Waals surface area contributed by atoms with Crippen LogP contribution in [0, 0.1) is 13.8 Å². The van der Waals surface area contributed by atoms with Crippen LogP contribution in [0.25, 0.3) is 0 Å². The molecule has 1 atom stereocenters. The van der Waals surface area contributed by atoms with Gasteiger partial charge in [-0.3, -0.25) is 4.57 Å². The topological polar surface area (TPSA) is 47.6 Å². The standard InChI is InChI=1S/C18H24NO3P/c1-5-10-21-17-8-6-16(7-9-17)19-23(4,20)22-18-12-14(2)11-15(3)13-18/h6-9,11-13H,5,10H2,1-4H3,(H,19,20)/t23-/m1/s1. The van der Waals surface area contributed by atoms with Crippen molar-refractivity contribution in [3.8, 4) is 11.5 Å². The van der Waals surface area contributed by atoms with Crippen LogP contribution in [0.1, 0.15) is 24.5 Å². The molecule has 0 fully saturated rings. The molecular formula is C18H24NO3P. The maximum atomic E-state index is 12.7. The lowest BCUT2D eigenvalue weighted by Crippen LogP contribution is -2.03. The first-order chi connectivity index (χ1) is 10.9. The number of benzene rings is 2. The highest BCUT2D eigenvalue weighted by Crippen LogP contribution is 2.43. The molecule has 0 aromatic heterocycles. The number of rotatable bonds is 7. The lowest BCUT2D eigenvalue weighted by molar-refractivity contribution is 0.317. The Kier molecular flexibility index (Phi) is 5.73. The molecule has 0 aliphatic heterocycles. The van der Waals surface area contributed by atoms with Gasteiger partial charge < -0.3 is 14.3 Å². The highest BCUT2D eigenvalue weighted by atomic mass is 31.2. The third-order valence-electron chi connectivity index (χ3n) is 3.13. The summed E-state index contributed by atoms with van der Waals surface area (Å²) >= 11 is 0. The fourth-order valence-corrected chi connectivity index (χ4v) is 3.46. The van der Waals surface area contributed by atoms with Crippen LogP contribution in [0.3, 0.4) is 0 Å². The SMILES string of the molecule is CCCOc1ccc(N[P@](C)(=O)Oc2cc(C)cc(C)c2)cc1. The summed E-state index contributed by atoms with van der Waals surface area (Å²) in [5.41, 5.74) is 2.90. The second-order valence-corrected chi connectivity index (χ2v) is 7.84. The van der Waals surface area contributed by atoms with E-state index < -0.39 is 7.52 Å². The molecule has 0 unspecified atom stereocenters. The molecule has 4 nitrogen and oxygen atoms in total. The quantitative estimate of drug-likeness (QED) is 0.689. The van der Waals surface area contributed by atoms with Crippen LogP contribution in [0.2, 0.25) is 0 Å². The average molecular weight is 333 g/mol. The number of nitrogens with one attached hydrogen (secondary N) is 1. The Balaban J connectivity index is 2.04. The minimum Gasteiger partial charge on any atom is -0.494 e. The van der Waals surface area contributed by atoms with E-state index in [1.165, 1.54) is 0 Å². The van der Waals surface area contributed by atoms with Crippen molar-refractivity contribution in [2.24, 2.45) is 0 Å². The van der Waals surface area contributed by atoms with Crippen molar-refractivity contribution >= 4 is 13.2 Å². The van der Waals surface area contributed by atoms with E-state index in [4.69, 9.17) is 9.26 Å². The Morgan fingerprint density at radius 2 is 1.61 bits per heavy atom. The van der Waals surface area contributed by atoms with Gasteiger partial charge >= 0.3 is 7.52 Å². The van der Waals surface area contributed by atoms with Crippen LogP contribution in [0.4, 0.5) is 5.69 Å². The Morgan fingerprint density at radius 3 is 2.17 bits per heavy atom. The van der Waals surface area contributed by atoms with Crippen molar-refractivity contribution < 1.29 is 13.8 Å². The Labute approximate surface area is 138 Å². The van der Waals surface area contributed by atoms with Gasteiger partial charge in [0.1, 0.15) is 11.5 Å². The second kappa shape index (κ2) is 7.56. The molecule has 0 aliphatic carbocycles. The number of ether oxygens (including phenoxy) is 1. The molecule has 2 aromatic carbocycles. The zero-order chi connectivity index (χ0) is 16.9. The third-order valence-corrected chi connectivity index (χ3v) is 4.36. The Morgan fingerprint density at radius 1 is 1.00 bits per heavy atom. The van der Waals surface area contributed by atoms with Gasteiger partial charge in [-0.05, 0) is 67.8 Å². The molecule has 0 amide bonds.